The van der Waals surface area contributed by atoms with Crippen LogP contribution in [0.1, 0.15) is 51.4 Å². The molecule has 0 aliphatic heterocycles. The Hall–Kier alpha value is -0.900. The normalized spacial score (nSPS) is 17.8. The van der Waals surface area contributed by atoms with Crippen LogP contribution in [-0.4, -0.2) is 20.8 Å². The summed E-state index contributed by atoms with van der Waals surface area (Å²) in [4.78, 5) is 4.32. The van der Waals surface area contributed by atoms with Crippen LogP contribution in [0.3, 0.4) is 0 Å². The molecule has 0 bridgehead atoms. The highest BCUT2D eigenvalue weighted by Gasteiger charge is 2.17. The third-order valence-corrected chi connectivity index (χ3v) is 2.92. The van der Waals surface area contributed by atoms with Gasteiger partial charge in [0.05, 0.1) is 12.6 Å². The van der Waals surface area contributed by atoms with Gasteiger partial charge in [-0.1, -0.05) is 26.7 Å². The molecule has 15 heavy (non-hydrogen) atoms. The summed E-state index contributed by atoms with van der Waals surface area (Å²) in [5.74, 6) is 0.913. The van der Waals surface area contributed by atoms with Crippen LogP contribution >= 0.6 is 0 Å². The predicted molar refractivity (Wildman–Crippen MR) is 59.5 cm³/mol. The van der Waals surface area contributed by atoms with Gasteiger partial charge in [-0.2, -0.15) is 5.10 Å². The van der Waals surface area contributed by atoms with Gasteiger partial charge in [0.15, 0.2) is 5.82 Å². The van der Waals surface area contributed by atoms with Crippen molar-refractivity contribution in [2.24, 2.45) is 0 Å². The zero-order chi connectivity index (χ0) is 10.7. The predicted octanol–water partition coefficient (Wildman–Crippen LogP) is 1.89. The first-order valence-corrected chi connectivity index (χ1v) is 5.89. The van der Waals surface area contributed by atoms with Crippen LogP contribution in [0.15, 0.2) is 6.33 Å². The van der Waals surface area contributed by atoms with Crippen molar-refractivity contribution in [2.45, 2.75) is 58.2 Å². The fourth-order valence-electron chi connectivity index (χ4n) is 2.03. The number of nitrogens with one attached hydrogen (secondary N) is 1. The number of aromatic nitrogens is 3. The highest BCUT2D eigenvalue weighted by atomic mass is 15.3. The SMILES string of the molecule is CC(C)NCc1ncn(C2CCCC2)n1. The van der Waals surface area contributed by atoms with E-state index < -0.39 is 0 Å². The molecule has 4 nitrogen and oxygen atoms in total. The number of hydrogen-bond donors (Lipinski definition) is 1. The van der Waals surface area contributed by atoms with Crippen molar-refractivity contribution in [2.75, 3.05) is 0 Å². The minimum Gasteiger partial charge on any atom is -0.308 e. The standard InChI is InChI=1S/C11H20N4/c1-9(2)12-7-11-13-8-15(14-11)10-5-3-4-6-10/h8-10,12H,3-7H2,1-2H3. The Morgan fingerprint density at radius 1 is 1.47 bits per heavy atom. The van der Waals surface area contributed by atoms with E-state index in [9.17, 15) is 0 Å². The molecule has 0 unspecified atom stereocenters. The van der Waals surface area contributed by atoms with Crippen molar-refractivity contribution in [1.29, 1.82) is 0 Å². The highest BCUT2D eigenvalue weighted by Crippen LogP contribution is 2.28. The first kappa shape index (κ1) is 10.6. The van der Waals surface area contributed by atoms with Gasteiger partial charge in [-0.25, -0.2) is 9.67 Å². The summed E-state index contributed by atoms with van der Waals surface area (Å²) >= 11 is 0. The molecule has 1 fully saturated rings. The lowest BCUT2D eigenvalue weighted by atomic mass is 10.3. The zero-order valence-corrected chi connectivity index (χ0v) is 9.61. The van der Waals surface area contributed by atoms with Gasteiger partial charge in [0.2, 0.25) is 0 Å². The Bertz CT molecular complexity index is 299. The molecular formula is C11H20N4. The second-order valence-electron chi connectivity index (χ2n) is 4.61. The van der Waals surface area contributed by atoms with Gasteiger partial charge in [-0.3, -0.25) is 0 Å². The first-order chi connectivity index (χ1) is 7.25. The second kappa shape index (κ2) is 4.75. The van der Waals surface area contributed by atoms with Crippen LogP contribution in [0, 0.1) is 0 Å². The van der Waals surface area contributed by atoms with Crippen LogP contribution in [0.5, 0.6) is 0 Å². The molecule has 1 aliphatic rings. The molecule has 0 aromatic carbocycles. The van der Waals surface area contributed by atoms with Gasteiger partial charge < -0.3 is 5.32 Å². The Kier molecular flexibility index (Phi) is 3.36. The van der Waals surface area contributed by atoms with Crippen LogP contribution in [-0.2, 0) is 6.54 Å². The molecule has 1 N–H and O–H groups in total. The van der Waals surface area contributed by atoms with E-state index in [1.165, 1.54) is 25.7 Å². The Morgan fingerprint density at radius 2 is 2.20 bits per heavy atom. The quantitative estimate of drug-likeness (QED) is 0.821. The molecule has 0 spiro atoms. The topological polar surface area (TPSA) is 42.7 Å². The largest absolute Gasteiger partial charge is 0.308 e. The average Bonchev–Trinajstić information content (AvgIpc) is 2.85. The van der Waals surface area contributed by atoms with E-state index in [1.54, 1.807) is 0 Å². The third kappa shape index (κ3) is 2.78. The maximum atomic E-state index is 4.51. The first-order valence-electron chi connectivity index (χ1n) is 5.89. The van der Waals surface area contributed by atoms with Crippen molar-refractivity contribution in [3.63, 3.8) is 0 Å². The van der Waals surface area contributed by atoms with E-state index in [-0.39, 0.29) is 0 Å². The molecule has 0 amide bonds. The van der Waals surface area contributed by atoms with E-state index >= 15 is 0 Å². The molecule has 0 radical (unpaired) electrons. The van der Waals surface area contributed by atoms with E-state index in [4.69, 9.17) is 0 Å². The molecule has 1 aromatic heterocycles. The summed E-state index contributed by atoms with van der Waals surface area (Å²) in [7, 11) is 0. The molecule has 2 rings (SSSR count). The van der Waals surface area contributed by atoms with Gasteiger partial charge >= 0.3 is 0 Å². The van der Waals surface area contributed by atoms with Crippen LogP contribution in [0.4, 0.5) is 0 Å². The number of nitrogens with zero attached hydrogens (tertiary/aromatic N) is 3. The average molecular weight is 208 g/mol. The van der Waals surface area contributed by atoms with Gasteiger partial charge in [0.1, 0.15) is 6.33 Å². The summed E-state index contributed by atoms with van der Waals surface area (Å²) in [6.45, 7) is 5.04. The van der Waals surface area contributed by atoms with Crippen molar-refractivity contribution in [1.82, 2.24) is 20.1 Å². The lowest BCUT2D eigenvalue weighted by Gasteiger charge is -2.08. The maximum absolute atomic E-state index is 4.51. The van der Waals surface area contributed by atoms with Crippen molar-refractivity contribution in [3.8, 4) is 0 Å². The zero-order valence-electron chi connectivity index (χ0n) is 9.61. The Labute approximate surface area is 91.1 Å². The Balaban J connectivity index is 1.91. The van der Waals surface area contributed by atoms with Crippen LogP contribution in [0.2, 0.25) is 0 Å². The van der Waals surface area contributed by atoms with E-state index in [0.29, 0.717) is 12.1 Å². The van der Waals surface area contributed by atoms with E-state index in [2.05, 4.69) is 29.2 Å². The second-order valence-corrected chi connectivity index (χ2v) is 4.61. The molecule has 1 heterocycles. The van der Waals surface area contributed by atoms with Crippen molar-refractivity contribution >= 4 is 0 Å². The smallest absolute Gasteiger partial charge is 0.164 e. The third-order valence-electron chi connectivity index (χ3n) is 2.92. The monoisotopic (exact) mass is 208 g/mol. The van der Waals surface area contributed by atoms with Gasteiger partial charge in [0, 0.05) is 6.04 Å². The molecule has 0 saturated heterocycles. The molecule has 1 aromatic rings. The minimum absolute atomic E-state index is 0.489. The summed E-state index contributed by atoms with van der Waals surface area (Å²) in [6.07, 6.45) is 7.09. The molecule has 1 saturated carbocycles. The maximum Gasteiger partial charge on any atom is 0.164 e. The Morgan fingerprint density at radius 3 is 2.87 bits per heavy atom. The lowest BCUT2D eigenvalue weighted by molar-refractivity contribution is 0.458. The molecule has 1 aliphatic carbocycles. The fraction of sp³-hybridized carbons (Fsp3) is 0.818. The summed E-state index contributed by atoms with van der Waals surface area (Å²) in [5, 5.41) is 7.83. The van der Waals surface area contributed by atoms with Crippen LogP contribution in [0.25, 0.3) is 0 Å². The molecule has 0 atom stereocenters. The summed E-state index contributed by atoms with van der Waals surface area (Å²) in [6, 6.07) is 1.09. The molecular weight excluding hydrogens is 188 g/mol. The van der Waals surface area contributed by atoms with Gasteiger partial charge in [0.25, 0.3) is 0 Å². The van der Waals surface area contributed by atoms with Gasteiger partial charge in [-0.15, -0.1) is 0 Å². The van der Waals surface area contributed by atoms with Gasteiger partial charge in [-0.05, 0) is 12.8 Å². The summed E-state index contributed by atoms with van der Waals surface area (Å²) < 4.78 is 2.05. The van der Waals surface area contributed by atoms with Crippen LogP contribution < -0.4 is 5.32 Å². The lowest BCUT2D eigenvalue weighted by Crippen LogP contribution is -2.22. The highest BCUT2D eigenvalue weighted by molar-refractivity contribution is 4.84. The van der Waals surface area contributed by atoms with Crippen molar-refractivity contribution < 1.29 is 0 Å². The van der Waals surface area contributed by atoms with E-state index in [0.717, 1.165) is 12.4 Å². The molecule has 4 heteroatoms. The van der Waals surface area contributed by atoms with E-state index in [1.807, 2.05) is 11.0 Å². The minimum atomic E-state index is 0.489. The fourth-order valence-corrected chi connectivity index (χ4v) is 2.03. The number of rotatable bonds is 4. The number of hydrogen-bond acceptors (Lipinski definition) is 3. The molecule has 84 valence electrons. The summed E-state index contributed by atoms with van der Waals surface area (Å²) in [5.41, 5.74) is 0. The van der Waals surface area contributed by atoms with Crippen molar-refractivity contribution in [3.05, 3.63) is 12.2 Å².